The Kier molecular flexibility index (Phi) is 5.82. The highest BCUT2D eigenvalue weighted by molar-refractivity contribution is 6.36. The highest BCUT2D eigenvalue weighted by atomic mass is 35.5. The molecule has 0 aromatic heterocycles. The van der Waals surface area contributed by atoms with Crippen LogP contribution in [-0.4, -0.2) is 29.5 Å². The molecule has 0 saturated carbocycles. The van der Waals surface area contributed by atoms with Crippen molar-refractivity contribution >= 4 is 52.3 Å². The average Bonchev–Trinajstić information content (AvgIpc) is 2.77. The van der Waals surface area contributed by atoms with Gasteiger partial charge in [0.05, 0.1) is 21.8 Å². The van der Waals surface area contributed by atoms with E-state index in [4.69, 9.17) is 27.9 Å². The molecule has 4 rings (SSSR count). The molecule has 0 spiro atoms. The number of benzene rings is 3. The summed E-state index contributed by atoms with van der Waals surface area (Å²) in [4.78, 5) is 50.9. The third-order valence-corrected chi connectivity index (χ3v) is 5.56. The van der Waals surface area contributed by atoms with Crippen LogP contribution in [0, 0.1) is 0 Å². The maximum absolute atomic E-state index is 13.0. The lowest BCUT2D eigenvalue weighted by Crippen LogP contribution is -2.31. The highest BCUT2D eigenvalue weighted by Gasteiger charge is 2.32. The van der Waals surface area contributed by atoms with Crippen molar-refractivity contribution in [2.75, 3.05) is 5.32 Å². The zero-order valence-electron chi connectivity index (χ0n) is 16.6. The number of amides is 1. The molecular formula is C24H15Cl2NO5. The number of anilines is 1. The number of hydrogen-bond acceptors (Lipinski definition) is 5. The summed E-state index contributed by atoms with van der Waals surface area (Å²) >= 11 is 11.8. The second kappa shape index (κ2) is 8.57. The minimum absolute atomic E-state index is 0.0604. The van der Waals surface area contributed by atoms with Crippen molar-refractivity contribution in [1.29, 1.82) is 0 Å². The van der Waals surface area contributed by atoms with Crippen LogP contribution in [0.2, 0.25) is 10.0 Å². The molecule has 1 amide bonds. The standard InChI is InChI=1S/C24H15Cl2NO5/c1-12(32-24(31)16-10-9-13(25)11-18(16)26)23(30)27-19-8-4-7-17-20(19)22(29)15-6-3-2-5-14(15)21(17)28/h2-12H,1H3,(H,27,30). The summed E-state index contributed by atoms with van der Waals surface area (Å²) in [6, 6.07) is 15.4. The molecule has 8 heteroatoms. The molecule has 0 heterocycles. The van der Waals surface area contributed by atoms with E-state index in [2.05, 4.69) is 5.32 Å². The Hall–Kier alpha value is -3.48. The van der Waals surface area contributed by atoms with Gasteiger partial charge in [0, 0.05) is 21.7 Å². The number of fused-ring (bicyclic) bond motifs is 2. The SMILES string of the molecule is CC(OC(=O)c1ccc(Cl)cc1Cl)C(=O)Nc1cccc2c1C(=O)c1ccccc1C2=O. The maximum atomic E-state index is 13.0. The van der Waals surface area contributed by atoms with Gasteiger partial charge in [-0.1, -0.05) is 59.6 Å². The van der Waals surface area contributed by atoms with Crippen LogP contribution in [0.4, 0.5) is 5.69 Å². The second-order valence-electron chi connectivity index (χ2n) is 7.09. The smallest absolute Gasteiger partial charge is 0.340 e. The fourth-order valence-corrected chi connectivity index (χ4v) is 3.90. The molecule has 3 aromatic carbocycles. The normalized spacial score (nSPS) is 13.1. The van der Waals surface area contributed by atoms with E-state index in [1.807, 2.05) is 0 Å². The Labute approximate surface area is 193 Å². The van der Waals surface area contributed by atoms with E-state index < -0.39 is 18.0 Å². The summed E-state index contributed by atoms with van der Waals surface area (Å²) in [5.41, 5.74) is 1.10. The first-order chi connectivity index (χ1) is 15.3. The number of rotatable bonds is 4. The zero-order valence-corrected chi connectivity index (χ0v) is 18.2. The van der Waals surface area contributed by atoms with Crippen LogP contribution >= 0.6 is 23.2 Å². The van der Waals surface area contributed by atoms with Crippen LogP contribution in [-0.2, 0) is 9.53 Å². The number of halogens is 2. The van der Waals surface area contributed by atoms with Gasteiger partial charge in [-0.3, -0.25) is 14.4 Å². The van der Waals surface area contributed by atoms with Gasteiger partial charge >= 0.3 is 5.97 Å². The maximum Gasteiger partial charge on any atom is 0.340 e. The number of nitrogens with one attached hydrogen (secondary N) is 1. The number of carbonyl (C=O) groups excluding carboxylic acids is 4. The Bertz CT molecular complexity index is 1300. The molecule has 1 atom stereocenters. The van der Waals surface area contributed by atoms with Gasteiger partial charge in [-0.2, -0.15) is 0 Å². The van der Waals surface area contributed by atoms with Crippen LogP contribution in [0.25, 0.3) is 0 Å². The van der Waals surface area contributed by atoms with Crippen LogP contribution in [0.1, 0.15) is 49.1 Å². The zero-order chi connectivity index (χ0) is 23.0. The van der Waals surface area contributed by atoms with Crippen molar-refractivity contribution in [3.63, 3.8) is 0 Å². The quantitative estimate of drug-likeness (QED) is 0.428. The molecule has 32 heavy (non-hydrogen) atoms. The molecule has 1 aliphatic carbocycles. The van der Waals surface area contributed by atoms with Crippen LogP contribution in [0.3, 0.4) is 0 Å². The van der Waals surface area contributed by atoms with E-state index in [9.17, 15) is 19.2 Å². The molecule has 0 aliphatic heterocycles. The first kappa shape index (κ1) is 21.7. The summed E-state index contributed by atoms with van der Waals surface area (Å²) in [7, 11) is 0. The van der Waals surface area contributed by atoms with Crippen LogP contribution < -0.4 is 5.32 Å². The Balaban J connectivity index is 1.56. The van der Waals surface area contributed by atoms with E-state index >= 15 is 0 Å². The summed E-state index contributed by atoms with van der Waals surface area (Å²) in [6.45, 7) is 1.38. The summed E-state index contributed by atoms with van der Waals surface area (Å²) in [5.74, 6) is -2.15. The van der Waals surface area contributed by atoms with Crippen molar-refractivity contribution in [2.24, 2.45) is 0 Å². The molecule has 3 aromatic rings. The second-order valence-corrected chi connectivity index (χ2v) is 7.94. The van der Waals surface area contributed by atoms with Gasteiger partial charge in [0.1, 0.15) is 0 Å². The minimum atomic E-state index is -1.20. The fourth-order valence-electron chi connectivity index (χ4n) is 3.42. The lowest BCUT2D eigenvalue weighted by molar-refractivity contribution is -0.123. The molecule has 0 fully saturated rings. The topological polar surface area (TPSA) is 89.5 Å². The summed E-state index contributed by atoms with van der Waals surface area (Å²) in [6.07, 6.45) is -1.20. The highest BCUT2D eigenvalue weighted by Crippen LogP contribution is 2.32. The molecule has 1 unspecified atom stereocenters. The van der Waals surface area contributed by atoms with Crippen LogP contribution in [0.15, 0.2) is 60.7 Å². The Morgan fingerprint density at radius 2 is 1.53 bits per heavy atom. The van der Waals surface area contributed by atoms with E-state index in [0.29, 0.717) is 10.6 Å². The monoisotopic (exact) mass is 467 g/mol. The van der Waals surface area contributed by atoms with E-state index in [1.165, 1.54) is 37.3 Å². The molecule has 0 saturated heterocycles. The van der Waals surface area contributed by atoms with Crippen molar-refractivity contribution in [3.05, 3.63) is 98.5 Å². The minimum Gasteiger partial charge on any atom is -0.449 e. The van der Waals surface area contributed by atoms with Crippen molar-refractivity contribution in [3.8, 4) is 0 Å². The largest absolute Gasteiger partial charge is 0.449 e. The lowest BCUT2D eigenvalue weighted by atomic mass is 9.83. The van der Waals surface area contributed by atoms with Crippen molar-refractivity contribution in [1.82, 2.24) is 0 Å². The van der Waals surface area contributed by atoms with Gasteiger partial charge in [-0.05, 0) is 31.2 Å². The van der Waals surface area contributed by atoms with Crippen LogP contribution in [0.5, 0.6) is 0 Å². The fraction of sp³-hybridized carbons (Fsp3) is 0.0833. The number of hydrogen-bond donors (Lipinski definition) is 1. The number of ketones is 2. The van der Waals surface area contributed by atoms with Crippen molar-refractivity contribution in [2.45, 2.75) is 13.0 Å². The number of carbonyl (C=O) groups is 4. The Morgan fingerprint density at radius 1 is 0.875 bits per heavy atom. The predicted octanol–water partition coefficient (Wildman–Crippen LogP) is 4.95. The summed E-state index contributed by atoms with van der Waals surface area (Å²) in [5, 5.41) is 3.04. The first-order valence-electron chi connectivity index (χ1n) is 9.56. The molecule has 160 valence electrons. The van der Waals surface area contributed by atoms with E-state index in [-0.39, 0.29) is 44.5 Å². The van der Waals surface area contributed by atoms with Gasteiger partial charge in [-0.15, -0.1) is 0 Å². The van der Waals surface area contributed by atoms with Gasteiger partial charge in [0.25, 0.3) is 5.91 Å². The molecule has 6 nitrogen and oxygen atoms in total. The summed E-state index contributed by atoms with van der Waals surface area (Å²) < 4.78 is 5.21. The molecular weight excluding hydrogens is 453 g/mol. The van der Waals surface area contributed by atoms with Gasteiger partial charge < -0.3 is 10.1 Å². The first-order valence-corrected chi connectivity index (χ1v) is 10.3. The number of esters is 1. The number of ether oxygens (including phenoxy) is 1. The predicted molar refractivity (Wildman–Crippen MR) is 120 cm³/mol. The average molecular weight is 468 g/mol. The Morgan fingerprint density at radius 3 is 2.22 bits per heavy atom. The molecule has 1 aliphatic rings. The van der Waals surface area contributed by atoms with E-state index in [1.54, 1.807) is 30.3 Å². The van der Waals surface area contributed by atoms with Gasteiger partial charge in [0.2, 0.25) is 0 Å². The van der Waals surface area contributed by atoms with Gasteiger partial charge in [0.15, 0.2) is 17.7 Å². The third kappa shape index (κ3) is 3.90. The molecule has 1 N–H and O–H groups in total. The van der Waals surface area contributed by atoms with Crippen molar-refractivity contribution < 1.29 is 23.9 Å². The molecule has 0 radical (unpaired) electrons. The van der Waals surface area contributed by atoms with Gasteiger partial charge in [-0.25, -0.2) is 4.79 Å². The lowest BCUT2D eigenvalue weighted by Gasteiger charge is -2.21. The third-order valence-electron chi connectivity index (χ3n) is 5.01. The molecule has 0 bridgehead atoms. The van der Waals surface area contributed by atoms with E-state index in [0.717, 1.165) is 0 Å².